The van der Waals surface area contributed by atoms with Crippen molar-refractivity contribution in [2.45, 2.75) is 33.4 Å². The molecule has 0 saturated heterocycles. The van der Waals surface area contributed by atoms with Gasteiger partial charge in [-0.1, -0.05) is 6.92 Å². The Hall–Kier alpha value is 0.140. The lowest BCUT2D eigenvalue weighted by atomic mass is 10.3. The summed E-state index contributed by atoms with van der Waals surface area (Å²) in [5, 5.41) is 2.13. The molecule has 0 spiro atoms. The Bertz CT molecular complexity index is 257. The van der Waals surface area contributed by atoms with E-state index in [9.17, 15) is 0 Å². The summed E-state index contributed by atoms with van der Waals surface area (Å²) in [5.41, 5.74) is 0. The Morgan fingerprint density at radius 3 is 2.62 bits per heavy atom. The van der Waals surface area contributed by atoms with Crippen LogP contribution in [-0.4, -0.2) is 17.5 Å². The van der Waals surface area contributed by atoms with Crippen molar-refractivity contribution in [3.8, 4) is 0 Å². The molecular formula is C10H16BrNS. The zero-order chi connectivity index (χ0) is 9.84. The van der Waals surface area contributed by atoms with E-state index in [0.29, 0.717) is 6.04 Å². The van der Waals surface area contributed by atoms with Gasteiger partial charge in [-0.05, 0) is 47.8 Å². The summed E-state index contributed by atoms with van der Waals surface area (Å²) in [6.07, 6.45) is 0. The van der Waals surface area contributed by atoms with Gasteiger partial charge in [0.05, 0.1) is 0 Å². The van der Waals surface area contributed by atoms with Gasteiger partial charge >= 0.3 is 0 Å². The molecule has 0 atom stereocenters. The third-order valence-electron chi connectivity index (χ3n) is 2.17. The molecular weight excluding hydrogens is 246 g/mol. The molecule has 0 aliphatic rings. The first-order valence-electron chi connectivity index (χ1n) is 4.61. The average molecular weight is 262 g/mol. The monoisotopic (exact) mass is 261 g/mol. The van der Waals surface area contributed by atoms with E-state index < -0.39 is 0 Å². The third-order valence-corrected chi connectivity index (χ3v) is 4.09. The molecule has 0 saturated carbocycles. The van der Waals surface area contributed by atoms with Crippen molar-refractivity contribution in [1.82, 2.24) is 4.90 Å². The van der Waals surface area contributed by atoms with Crippen LogP contribution in [0.4, 0.5) is 0 Å². The fourth-order valence-electron chi connectivity index (χ4n) is 1.28. The van der Waals surface area contributed by atoms with Crippen molar-refractivity contribution < 1.29 is 0 Å². The summed E-state index contributed by atoms with van der Waals surface area (Å²) in [4.78, 5) is 3.88. The van der Waals surface area contributed by atoms with Gasteiger partial charge in [0, 0.05) is 21.9 Å². The molecule has 0 fully saturated rings. The van der Waals surface area contributed by atoms with Crippen LogP contribution in [0.25, 0.3) is 0 Å². The summed E-state index contributed by atoms with van der Waals surface area (Å²) >= 11 is 5.38. The van der Waals surface area contributed by atoms with Gasteiger partial charge in [-0.15, -0.1) is 11.3 Å². The molecule has 1 aromatic heterocycles. The number of halogens is 1. The predicted molar refractivity (Wildman–Crippen MR) is 63.2 cm³/mol. The van der Waals surface area contributed by atoms with Gasteiger partial charge in [0.15, 0.2) is 0 Å². The van der Waals surface area contributed by atoms with Crippen molar-refractivity contribution in [3.63, 3.8) is 0 Å². The highest BCUT2D eigenvalue weighted by atomic mass is 79.9. The molecule has 74 valence electrons. The van der Waals surface area contributed by atoms with Gasteiger partial charge in [-0.2, -0.15) is 0 Å². The first-order valence-corrected chi connectivity index (χ1v) is 6.28. The summed E-state index contributed by atoms with van der Waals surface area (Å²) in [6.45, 7) is 8.87. The molecule has 0 N–H and O–H groups in total. The van der Waals surface area contributed by atoms with Crippen molar-refractivity contribution in [1.29, 1.82) is 0 Å². The van der Waals surface area contributed by atoms with E-state index in [1.807, 2.05) is 11.3 Å². The molecule has 1 rings (SSSR count). The summed E-state index contributed by atoms with van der Waals surface area (Å²) < 4.78 is 1.25. The van der Waals surface area contributed by atoms with Crippen molar-refractivity contribution in [2.75, 3.05) is 6.54 Å². The molecule has 0 aliphatic heterocycles. The SMILES string of the molecule is CCN(Cc1sccc1Br)C(C)C. The highest BCUT2D eigenvalue weighted by Crippen LogP contribution is 2.24. The van der Waals surface area contributed by atoms with Crippen LogP contribution in [0.15, 0.2) is 15.9 Å². The number of rotatable bonds is 4. The maximum Gasteiger partial charge on any atom is 0.0341 e. The van der Waals surface area contributed by atoms with E-state index in [2.05, 4.69) is 53.0 Å². The van der Waals surface area contributed by atoms with Crippen LogP contribution in [0.3, 0.4) is 0 Å². The topological polar surface area (TPSA) is 3.24 Å². The minimum Gasteiger partial charge on any atom is -0.296 e. The molecule has 0 unspecified atom stereocenters. The Labute approximate surface area is 92.9 Å². The van der Waals surface area contributed by atoms with Gasteiger partial charge in [-0.3, -0.25) is 4.90 Å². The van der Waals surface area contributed by atoms with E-state index in [1.54, 1.807) is 0 Å². The molecule has 0 aliphatic carbocycles. The lowest BCUT2D eigenvalue weighted by Gasteiger charge is -2.24. The van der Waals surface area contributed by atoms with Crippen LogP contribution in [0.5, 0.6) is 0 Å². The summed E-state index contributed by atoms with van der Waals surface area (Å²) in [6, 6.07) is 2.74. The maximum atomic E-state index is 3.56. The average Bonchev–Trinajstić information content (AvgIpc) is 2.46. The van der Waals surface area contributed by atoms with Crippen LogP contribution in [0.1, 0.15) is 25.6 Å². The standard InChI is InChI=1S/C10H16BrNS/c1-4-12(8(2)3)7-10-9(11)5-6-13-10/h5-6,8H,4,7H2,1-3H3. The summed E-state index contributed by atoms with van der Waals surface area (Å²) in [7, 11) is 0. The lowest BCUT2D eigenvalue weighted by Crippen LogP contribution is -2.29. The van der Waals surface area contributed by atoms with Crippen LogP contribution in [0.2, 0.25) is 0 Å². The second-order valence-electron chi connectivity index (χ2n) is 3.35. The Kier molecular flexibility index (Phi) is 4.42. The zero-order valence-corrected chi connectivity index (χ0v) is 10.8. The number of hydrogen-bond donors (Lipinski definition) is 0. The molecule has 0 bridgehead atoms. The molecule has 0 radical (unpaired) electrons. The number of nitrogens with zero attached hydrogens (tertiary/aromatic N) is 1. The van der Waals surface area contributed by atoms with Crippen molar-refractivity contribution in [3.05, 3.63) is 20.8 Å². The fourth-order valence-corrected chi connectivity index (χ4v) is 2.78. The number of thiophene rings is 1. The van der Waals surface area contributed by atoms with Crippen LogP contribution in [0, 0.1) is 0 Å². The lowest BCUT2D eigenvalue weighted by molar-refractivity contribution is 0.226. The van der Waals surface area contributed by atoms with Gasteiger partial charge in [0.1, 0.15) is 0 Å². The largest absolute Gasteiger partial charge is 0.296 e. The zero-order valence-electron chi connectivity index (χ0n) is 8.38. The van der Waals surface area contributed by atoms with Crippen molar-refractivity contribution >= 4 is 27.3 Å². The van der Waals surface area contributed by atoms with E-state index in [-0.39, 0.29) is 0 Å². The molecule has 3 heteroatoms. The van der Waals surface area contributed by atoms with Crippen LogP contribution < -0.4 is 0 Å². The second-order valence-corrected chi connectivity index (χ2v) is 5.20. The van der Waals surface area contributed by atoms with E-state index in [1.165, 1.54) is 9.35 Å². The van der Waals surface area contributed by atoms with Crippen LogP contribution >= 0.6 is 27.3 Å². The quantitative estimate of drug-likeness (QED) is 0.799. The van der Waals surface area contributed by atoms with Gasteiger partial charge in [0.25, 0.3) is 0 Å². The summed E-state index contributed by atoms with van der Waals surface area (Å²) in [5.74, 6) is 0. The smallest absolute Gasteiger partial charge is 0.0341 e. The molecule has 0 aromatic carbocycles. The normalized spacial score (nSPS) is 11.5. The van der Waals surface area contributed by atoms with E-state index in [0.717, 1.165) is 13.1 Å². The van der Waals surface area contributed by atoms with Gasteiger partial charge < -0.3 is 0 Å². The number of hydrogen-bond acceptors (Lipinski definition) is 2. The first-order chi connectivity index (χ1) is 6.15. The molecule has 1 heterocycles. The minimum absolute atomic E-state index is 0.624. The molecule has 1 nitrogen and oxygen atoms in total. The third kappa shape index (κ3) is 3.08. The van der Waals surface area contributed by atoms with Gasteiger partial charge in [-0.25, -0.2) is 0 Å². The van der Waals surface area contributed by atoms with Crippen LogP contribution in [-0.2, 0) is 6.54 Å². The molecule has 13 heavy (non-hydrogen) atoms. The Balaban J connectivity index is 2.62. The Morgan fingerprint density at radius 2 is 2.23 bits per heavy atom. The highest BCUT2D eigenvalue weighted by molar-refractivity contribution is 9.10. The molecule has 0 amide bonds. The maximum absolute atomic E-state index is 3.56. The molecule has 1 aromatic rings. The van der Waals surface area contributed by atoms with Gasteiger partial charge in [0.2, 0.25) is 0 Å². The van der Waals surface area contributed by atoms with E-state index >= 15 is 0 Å². The van der Waals surface area contributed by atoms with E-state index in [4.69, 9.17) is 0 Å². The second kappa shape index (κ2) is 5.13. The minimum atomic E-state index is 0.624. The van der Waals surface area contributed by atoms with Crippen molar-refractivity contribution in [2.24, 2.45) is 0 Å². The fraction of sp³-hybridized carbons (Fsp3) is 0.600. The highest BCUT2D eigenvalue weighted by Gasteiger charge is 2.10. The predicted octanol–water partition coefficient (Wildman–Crippen LogP) is 3.74. The first kappa shape index (κ1) is 11.2. The Morgan fingerprint density at radius 1 is 1.54 bits per heavy atom.